The van der Waals surface area contributed by atoms with Crippen LogP contribution in [0, 0.1) is 5.92 Å². The van der Waals surface area contributed by atoms with Gasteiger partial charge in [-0.1, -0.05) is 104 Å². The standard InChI is InChI=1S/C35H65ClN2O6S/c1-6-8-9-10-11-12-13-14-15-16-17-18-19-20-22-28(39)43-33-31(41)30(40)32(44-35(33)45-5)29(25(3)36)37-34(42)27-23-26(21-7-2)24-38(27)4/h25-27,29-33,35,40-41H,6-24H2,1-5H3,(H,37,42)/t25?,26?,27-,29?,30-,31?,32?,33?,35-/m1/s1. The highest BCUT2D eigenvalue weighted by atomic mass is 35.5. The lowest BCUT2D eigenvalue weighted by Crippen LogP contribution is -2.65. The van der Waals surface area contributed by atoms with Gasteiger partial charge in [-0.3, -0.25) is 14.5 Å². The Bertz CT molecular complexity index is 821. The summed E-state index contributed by atoms with van der Waals surface area (Å²) in [4.78, 5) is 28.1. The number of aliphatic hydroxyl groups excluding tert-OH is 2. The number of likely N-dealkylation sites (tertiary alicyclic amines) is 1. The lowest BCUT2D eigenvalue weighted by atomic mass is 9.92. The predicted molar refractivity (Wildman–Crippen MR) is 186 cm³/mol. The van der Waals surface area contributed by atoms with Gasteiger partial charge in [-0.05, 0) is 45.4 Å². The van der Waals surface area contributed by atoms with Crippen LogP contribution in [0.4, 0.5) is 0 Å². The molecule has 6 unspecified atom stereocenters. The zero-order chi connectivity index (χ0) is 33.2. The van der Waals surface area contributed by atoms with Crippen molar-refractivity contribution in [3.63, 3.8) is 0 Å². The Hall–Kier alpha value is -0.580. The smallest absolute Gasteiger partial charge is 0.306 e. The number of hydrogen-bond acceptors (Lipinski definition) is 8. The molecule has 264 valence electrons. The Kier molecular flexibility index (Phi) is 20.7. The Morgan fingerprint density at radius 1 is 0.933 bits per heavy atom. The van der Waals surface area contributed by atoms with Crippen molar-refractivity contribution in [2.24, 2.45) is 5.92 Å². The number of carbonyl (C=O) groups is 2. The minimum atomic E-state index is -1.38. The number of rotatable bonds is 23. The first-order valence-corrected chi connectivity index (χ1v) is 19.7. The van der Waals surface area contributed by atoms with Gasteiger partial charge in [-0.2, -0.15) is 0 Å². The summed E-state index contributed by atoms with van der Waals surface area (Å²) >= 11 is 7.82. The van der Waals surface area contributed by atoms with Crippen LogP contribution in [0.1, 0.15) is 136 Å². The van der Waals surface area contributed by atoms with Crippen LogP contribution in [0.2, 0.25) is 0 Å². The van der Waals surface area contributed by atoms with Crippen molar-refractivity contribution in [1.29, 1.82) is 0 Å². The van der Waals surface area contributed by atoms with E-state index in [0.29, 0.717) is 5.92 Å². The number of aliphatic hydroxyl groups is 2. The van der Waals surface area contributed by atoms with E-state index in [9.17, 15) is 19.8 Å². The zero-order valence-electron chi connectivity index (χ0n) is 28.9. The van der Waals surface area contributed by atoms with Gasteiger partial charge in [0.05, 0.1) is 17.5 Å². The highest BCUT2D eigenvalue weighted by Crippen LogP contribution is 2.33. The molecule has 0 aromatic rings. The number of ether oxygens (including phenoxy) is 2. The number of thioether (sulfide) groups is 1. The Morgan fingerprint density at radius 2 is 1.49 bits per heavy atom. The SMILES string of the molecule is CCCCCCCCCCCCCCCCC(=O)OC1C(O)[C@@H](O)C(C(NC(=O)[C@H]2CC(CCC)CN2C)C(C)Cl)O[C@@H]1SC. The van der Waals surface area contributed by atoms with Gasteiger partial charge in [-0.25, -0.2) is 0 Å². The van der Waals surface area contributed by atoms with Crippen LogP contribution in [-0.4, -0.2) is 94.2 Å². The average molecular weight is 677 g/mol. The van der Waals surface area contributed by atoms with E-state index in [2.05, 4.69) is 24.1 Å². The van der Waals surface area contributed by atoms with E-state index in [-0.39, 0.29) is 18.4 Å². The number of likely N-dealkylation sites (N-methyl/N-ethyl adjacent to an activating group) is 1. The van der Waals surface area contributed by atoms with Crippen LogP contribution in [-0.2, 0) is 19.1 Å². The van der Waals surface area contributed by atoms with Crippen molar-refractivity contribution < 1.29 is 29.3 Å². The number of nitrogens with one attached hydrogen (secondary N) is 1. The maximum Gasteiger partial charge on any atom is 0.306 e. The van der Waals surface area contributed by atoms with Gasteiger partial charge in [0, 0.05) is 13.0 Å². The Morgan fingerprint density at radius 3 is 2.00 bits per heavy atom. The van der Waals surface area contributed by atoms with E-state index in [1.54, 1.807) is 13.2 Å². The zero-order valence-corrected chi connectivity index (χ0v) is 30.5. The summed E-state index contributed by atoms with van der Waals surface area (Å²) in [6.07, 6.45) is 17.7. The van der Waals surface area contributed by atoms with Crippen LogP contribution in [0.5, 0.6) is 0 Å². The van der Waals surface area contributed by atoms with Crippen LogP contribution < -0.4 is 5.32 Å². The fourth-order valence-electron chi connectivity index (χ4n) is 6.90. The van der Waals surface area contributed by atoms with Crippen LogP contribution in [0.25, 0.3) is 0 Å². The fourth-order valence-corrected chi connectivity index (χ4v) is 7.83. The van der Waals surface area contributed by atoms with Crippen molar-refractivity contribution in [3.8, 4) is 0 Å². The van der Waals surface area contributed by atoms with Crippen molar-refractivity contribution >= 4 is 35.2 Å². The van der Waals surface area contributed by atoms with Gasteiger partial charge in [0.15, 0.2) is 6.10 Å². The van der Waals surface area contributed by atoms with Gasteiger partial charge in [-0.15, -0.1) is 23.4 Å². The van der Waals surface area contributed by atoms with E-state index >= 15 is 0 Å². The van der Waals surface area contributed by atoms with Crippen LogP contribution >= 0.6 is 23.4 Å². The molecule has 0 aromatic carbocycles. The topological polar surface area (TPSA) is 108 Å². The number of halogens is 1. The molecule has 2 aliphatic heterocycles. The third kappa shape index (κ3) is 14.2. The second kappa shape index (κ2) is 22.9. The van der Waals surface area contributed by atoms with E-state index < -0.39 is 47.2 Å². The monoisotopic (exact) mass is 676 g/mol. The fraction of sp³-hybridized carbons (Fsp3) is 0.943. The average Bonchev–Trinajstić information content (AvgIpc) is 3.38. The largest absolute Gasteiger partial charge is 0.456 e. The molecular formula is C35H65ClN2O6S. The number of hydrogen-bond donors (Lipinski definition) is 3. The molecule has 45 heavy (non-hydrogen) atoms. The third-order valence-electron chi connectivity index (χ3n) is 9.61. The molecule has 0 aliphatic carbocycles. The first kappa shape index (κ1) is 40.6. The molecule has 2 rings (SSSR count). The number of amides is 1. The lowest BCUT2D eigenvalue weighted by molar-refractivity contribution is -0.218. The highest BCUT2D eigenvalue weighted by molar-refractivity contribution is 7.99. The first-order valence-electron chi connectivity index (χ1n) is 18.0. The summed E-state index contributed by atoms with van der Waals surface area (Å²) in [6.45, 7) is 7.02. The molecule has 3 N–H and O–H groups in total. The summed E-state index contributed by atoms with van der Waals surface area (Å²) in [6, 6.07) is -1.01. The number of esters is 1. The van der Waals surface area contributed by atoms with Gasteiger partial charge in [0.1, 0.15) is 23.7 Å². The highest BCUT2D eigenvalue weighted by Gasteiger charge is 2.50. The normalized spacial score (nSPS) is 28.6. The van der Waals surface area contributed by atoms with Gasteiger partial charge in [0.2, 0.25) is 5.91 Å². The van der Waals surface area contributed by atoms with E-state index in [0.717, 1.165) is 45.1 Å². The molecule has 9 atom stereocenters. The summed E-state index contributed by atoms with van der Waals surface area (Å²) in [5, 5.41) is 24.6. The van der Waals surface area contributed by atoms with Crippen LogP contribution in [0.15, 0.2) is 0 Å². The number of alkyl halides is 1. The second-order valence-corrected chi connectivity index (χ2v) is 15.2. The Balaban J connectivity index is 1.74. The van der Waals surface area contributed by atoms with Gasteiger partial charge >= 0.3 is 5.97 Å². The van der Waals surface area contributed by atoms with E-state index in [1.807, 2.05) is 7.05 Å². The summed E-state index contributed by atoms with van der Waals surface area (Å²) < 4.78 is 11.9. The maximum atomic E-state index is 13.3. The van der Waals surface area contributed by atoms with E-state index in [1.165, 1.54) is 82.4 Å². The first-order chi connectivity index (χ1) is 21.6. The summed E-state index contributed by atoms with van der Waals surface area (Å²) in [5.74, 6) is -0.0733. The van der Waals surface area contributed by atoms with Crippen molar-refractivity contribution in [2.45, 2.75) is 184 Å². The quantitative estimate of drug-likeness (QED) is 0.0616. The molecule has 10 heteroatoms. The minimum absolute atomic E-state index is 0.152. The van der Waals surface area contributed by atoms with Crippen molar-refractivity contribution in [2.75, 3.05) is 19.8 Å². The molecule has 2 fully saturated rings. The van der Waals surface area contributed by atoms with Crippen molar-refractivity contribution in [1.82, 2.24) is 10.2 Å². The third-order valence-corrected chi connectivity index (χ3v) is 10.7. The van der Waals surface area contributed by atoms with E-state index in [4.69, 9.17) is 21.1 Å². The lowest BCUT2D eigenvalue weighted by Gasteiger charge is -2.45. The van der Waals surface area contributed by atoms with Gasteiger partial charge < -0.3 is 25.0 Å². The molecule has 0 bridgehead atoms. The van der Waals surface area contributed by atoms with Gasteiger partial charge in [0.25, 0.3) is 0 Å². The maximum absolute atomic E-state index is 13.3. The molecule has 0 saturated carbocycles. The molecule has 0 aromatic heterocycles. The number of carbonyl (C=O) groups excluding carboxylic acids is 2. The molecule has 0 spiro atoms. The predicted octanol–water partition coefficient (Wildman–Crippen LogP) is 6.81. The second-order valence-electron chi connectivity index (χ2n) is 13.5. The number of unbranched alkanes of at least 4 members (excludes halogenated alkanes) is 13. The Labute approximate surface area is 283 Å². The van der Waals surface area contributed by atoms with Crippen LogP contribution in [0.3, 0.4) is 0 Å². The molecule has 8 nitrogen and oxygen atoms in total. The number of nitrogens with zero attached hydrogens (tertiary/aromatic N) is 1. The minimum Gasteiger partial charge on any atom is -0.456 e. The molecule has 2 heterocycles. The molecule has 0 radical (unpaired) electrons. The molecular weight excluding hydrogens is 612 g/mol. The molecule has 2 aliphatic rings. The molecule has 2 saturated heterocycles. The summed E-state index contributed by atoms with van der Waals surface area (Å²) in [7, 11) is 1.95. The van der Waals surface area contributed by atoms with Crippen molar-refractivity contribution in [3.05, 3.63) is 0 Å². The summed E-state index contributed by atoms with van der Waals surface area (Å²) in [5.41, 5.74) is -0.702. The molecule has 1 amide bonds.